The molecule has 1 aliphatic carbocycles. The molecule has 0 radical (unpaired) electrons. The van der Waals surface area contributed by atoms with Crippen molar-refractivity contribution in [1.29, 1.82) is 0 Å². The summed E-state index contributed by atoms with van der Waals surface area (Å²) in [4.78, 5) is 30.0. The van der Waals surface area contributed by atoms with Crippen LogP contribution in [0.1, 0.15) is 57.4 Å². The van der Waals surface area contributed by atoms with Crippen molar-refractivity contribution >= 4 is 22.7 Å². The minimum absolute atomic E-state index is 0.00768. The number of hydrogen-bond acceptors (Lipinski definition) is 6. The second-order valence-corrected chi connectivity index (χ2v) is 8.87. The molecule has 33 heavy (non-hydrogen) atoms. The molecule has 2 amide bonds. The lowest BCUT2D eigenvalue weighted by atomic mass is 9.82. The summed E-state index contributed by atoms with van der Waals surface area (Å²) in [6.45, 7) is 4.92. The predicted molar refractivity (Wildman–Crippen MR) is 125 cm³/mol. The number of carbonyl (C=O) groups excluding carboxylic acids is 2. The molecule has 0 aliphatic heterocycles. The summed E-state index contributed by atoms with van der Waals surface area (Å²) in [7, 11) is 0. The minimum atomic E-state index is -0.709. The van der Waals surface area contributed by atoms with E-state index in [1.807, 2.05) is 37.3 Å². The molecule has 1 fully saturated rings. The predicted octanol–water partition coefficient (Wildman–Crippen LogP) is 3.54. The number of nitrogens with zero attached hydrogens (tertiary/aromatic N) is 1. The first kappa shape index (κ1) is 25.1. The molecule has 1 heterocycles. The zero-order valence-electron chi connectivity index (χ0n) is 19.5. The molecule has 0 spiro atoms. The van der Waals surface area contributed by atoms with Crippen molar-refractivity contribution in [3.05, 3.63) is 42.1 Å². The van der Waals surface area contributed by atoms with Crippen molar-refractivity contribution in [1.82, 2.24) is 15.8 Å². The first-order valence-corrected chi connectivity index (χ1v) is 11.8. The number of carbonyl (C=O) groups is 2. The topological polar surface area (TPSA) is 110 Å². The summed E-state index contributed by atoms with van der Waals surface area (Å²) in [5, 5.41) is 13.4. The molecule has 0 bridgehead atoms. The van der Waals surface area contributed by atoms with Crippen LogP contribution < -0.4 is 10.8 Å². The lowest BCUT2D eigenvalue weighted by molar-refractivity contribution is -0.132. The van der Waals surface area contributed by atoms with E-state index >= 15 is 0 Å². The lowest BCUT2D eigenvalue weighted by Gasteiger charge is -2.29. The van der Waals surface area contributed by atoms with Gasteiger partial charge in [-0.3, -0.25) is 19.8 Å². The Balaban J connectivity index is 1.76. The molecule has 2 aromatic rings. The second kappa shape index (κ2) is 12.6. The van der Waals surface area contributed by atoms with E-state index in [0.29, 0.717) is 18.1 Å². The van der Waals surface area contributed by atoms with E-state index in [2.05, 4.69) is 17.2 Å². The standard InChI is InChI=1S/C25H35N3O5/c1-3-32-16-33-15-21(27-24(29)18-10-8-17(2)9-11-18)13-22(25(30)28-31)20-12-19-6-4-5-7-23(19)26-14-20/h4-7,12,14,17-18,21-22,31H,3,8-11,13,15-16H2,1-2H3,(H,27,29)(H,28,30)/t17?,18?,21-,22-/m0/s1. The van der Waals surface area contributed by atoms with Gasteiger partial charge >= 0.3 is 0 Å². The molecule has 1 aliphatic rings. The van der Waals surface area contributed by atoms with Gasteiger partial charge in [-0.2, -0.15) is 0 Å². The van der Waals surface area contributed by atoms with Crippen molar-refractivity contribution in [2.24, 2.45) is 11.8 Å². The van der Waals surface area contributed by atoms with Gasteiger partial charge in [0.1, 0.15) is 6.79 Å². The molecule has 1 aromatic carbocycles. The van der Waals surface area contributed by atoms with E-state index in [0.717, 1.165) is 36.6 Å². The molecular weight excluding hydrogens is 422 g/mol. The highest BCUT2D eigenvalue weighted by Crippen LogP contribution is 2.29. The monoisotopic (exact) mass is 457 g/mol. The maximum atomic E-state index is 13.0. The van der Waals surface area contributed by atoms with E-state index in [1.54, 1.807) is 11.7 Å². The second-order valence-electron chi connectivity index (χ2n) is 8.87. The van der Waals surface area contributed by atoms with Crippen LogP contribution in [0.4, 0.5) is 0 Å². The fourth-order valence-electron chi connectivity index (χ4n) is 4.38. The third-order valence-corrected chi connectivity index (χ3v) is 6.38. The molecule has 8 heteroatoms. The van der Waals surface area contributed by atoms with E-state index in [-0.39, 0.29) is 31.6 Å². The van der Waals surface area contributed by atoms with Gasteiger partial charge in [-0.05, 0) is 62.6 Å². The number of para-hydroxylation sites is 1. The number of amides is 2. The summed E-state index contributed by atoms with van der Waals surface area (Å²) < 4.78 is 10.9. The average Bonchev–Trinajstić information content (AvgIpc) is 2.84. The van der Waals surface area contributed by atoms with Crippen LogP contribution in [0, 0.1) is 11.8 Å². The summed E-state index contributed by atoms with van der Waals surface area (Å²) in [6, 6.07) is 9.10. The number of hydrogen-bond donors (Lipinski definition) is 3. The molecule has 3 N–H and O–H groups in total. The Morgan fingerprint density at radius 2 is 1.94 bits per heavy atom. The summed E-state index contributed by atoms with van der Waals surface area (Å²) >= 11 is 0. The maximum absolute atomic E-state index is 13.0. The number of pyridine rings is 1. The van der Waals surface area contributed by atoms with Crippen molar-refractivity contribution in [3.63, 3.8) is 0 Å². The van der Waals surface area contributed by atoms with Crippen LogP contribution in [-0.4, -0.2) is 48.1 Å². The zero-order valence-corrected chi connectivity index (χ0v) is 19.5. The van der Waals surface area contributed by atoms with E-state index in [4.69, 9.17) is 9.47 Å². The lowest BCUT2D eigenvalue weighted by Crippen LogP contribution is -2.44. The third-order valence-electron chi connectivity index (χ3n) is 6.38. The van der Waals surface area contributed by atoms with E-state index in [9.17, 15) is 14.8 Å². The van der Waals surface area contributed by atoms with Crippen LogP contribution in [0.25, 0.3) is 10.9 Å². The van der Waals surface area contributed by atoms with Crippen molar-refractivity contribution in [2.45, 2.75) is 57.9 Å². The van der Waals surface area contributed by atoms with Crippen LogP contribution in [-0.2, 0) is 19.1 Å². The normalized spacial score (nSPS) is 20.2. The van der Waals surface area contributed by atoms with Crippen molar-refractivity contribution < 1.29 is 24.3 Å². The summed E-state index contributed by atoms with van der Waals surface area (Å²) in [5.41, 5.74) is 3.25. The fraction of sp³-hybridized carbons (Fsp3) is 0.560. The third kappa shape index (κ3) is 7.22. The first-order chi connectivity index (χ1) is 16.0. The van der Waals surface area contributed by atoms with Gasteiger partial charge in [0.05, 0.1) is 24.1 Å². The fourth-order valence-corrected chi connectivity index (χ4v) is 4.38. The Hall–Kier alpha value is -2.55. The minimum Gasteiger partial charge on any atom is -0.356 e. The number of ether oxygens (including phenoxy) is 2. The Morgan fingerprint density at radius 3 is 2.67 bits per heavy atom. The smallest absolute Gasteiger partial charge is 0.251 e. The van der Waals surface area contributed by atoms with Crippen LogP contribution in [0.15, 0.2) is 36.5 Å². The first-order valence-electron chi connectivity index (χ1n) is 11.8. The number of hydroxylamine groups is 1. The molecule has 0 saturated heterocycles. The molecule has 1 saturated carbocycles. The molecule has 8 nitrogen and oxygen atoms in total. The van der Waals surface area contributed by atoms with Crippen LogP contribution in [0.5, 0.6) is 0 Å². The quantitative estimate of drug-likeness (QED) is 0.206. The number of aromatic nitrogens is 1. The molecule has 3 rings (SSSR count). The number of benzene rings is 1. The Morgan fingerprint density at radius 1 is 1.18 bits per heavy atom. The number of fused-ring (bicyclic) bond motifs is 1. The average molecular weight is 458 g/mol. The van der Waals surface area contributed by atoms with Gasteiger partial charge in [-0.1, -0.05) is 25.1 Å². The van der Waals surface area contributed by atoms with E-state index < -0.39 is 17.9 Å². The van der Waals surface area contributed by atoms with Gasteiger partial charge < -0.3 is 14.8 Å². The zero-order chi connectivity index (χ0) is 23.6. The van der Waals surface area contributed by atoms with Crippen molar-refractivity contribution in [2.75, 3.05) is 20.0 Å². The molecule has 0 unspecified atom stereocenters. The number of nitrogens with one attached hydrogen (secondary N) is 2. The molecule has 180 valence electrons. The molecular formula is C25H35N3O5. The highest BCUT2D eigenvalue weighted by molar-refractivity contribution is 5.85. The summed E-state index contributed by atoms with van der Waals surface area (Å²) in [5.74, 6) is -0.644. The Kier molecular flexibility index (Phi) is 9.60. The largest absolute Gasteiger partial charge is 0.356 e. The van der Waals surface area contributed by atoms with Gasteiger partial charge in [0.2, 0.25) is 5.91 Å². The SMILES string of the molecule is CCOCOC[C@H](C[C@H](C(=O)NO)c1cnc2ccccc2c1)NC(=O)C1CCC(C)CC1. The highest BCUT2D eigenvalue weighted by atomic mass is 16.7. The summed E-state index contributed by atoms with van der Waals surface area (Å²) in [6.07, 6.45) is 5.73. The van der Waals surface area contributed by atoms with Crippen LogP contribution in [0.3, 0.4) is 0 Å². The molecule has 1 aromatic heterocycles. The molecule has 2 atom stereocenters. The Labute approximate surface area is 195 Å². The maximum Gasteiger partial charge on any atom is 0.251 e. The van der Waals surface area contributed by atoms with Gasteiger partial charge in [0.25, 0.3) is 5.91 Å². The Bertz CT molecular complexity index is 914. The van der Waals surface area contributed by atoms with Gasteiger partial charge in [-0.25, -0.2) is 5.48 Å². The van der Waals surface area contributed by atoms with Gasteiger partial charge in [-0.15, -0.1) is 0 Å². The van der Waals surface area contributed by atoms with Crippen LogP contribution >= 0.6 is 0 Å². The van der Waals surface area contributed by atoms with E-state index in [1.165, 1.54) is 0 Å². The van der Waals surface area contributed by atoms with Gasteiger partial charge in [0.15, 0.2) is 0 Å². The van der Waals surface area contributed by atoms with Gasteiger partial charge in [0, 0.05) is 24.1 Å². The highest BCUT2D eigenvalue weighted by Gasteiger charge is 2.30. The van der Waals surface area contributed by atoms with Crippen LogP contribution in [0.2, 0.25) is 0 Å². The van der Waals surface area contributed by atoms with Crippen molar-refractivity contribution in [3.8, 4) is 0 Å². The number of rotatable bonds is 11.